The van der Waals surface area contributed by atoms with Crippen molar-refractivity contribution in [3.05, 3.63) is 42.0 Å². The molecular weight excluding hydrogens is 210 g/mol. The van der Waals surface area contributed by atoms with Gasteiger partial charge in [-0.2, -0.15) is 0 Å². The van der Waals surface area contributed by atoms with Crippen LogP contribution in [0.2, 0.25) is 0 Å². The Morgan fingerprint density at radius 1 is 1.24 bits per heavy atom. The summed E-state index contributed by atoms with van der Waals surface area (Å²) in [6.07, 6.45) is 6.95. The maximum atomic E-state index is 5.72. The smallest absolute Gasteiger partial charge is 0.119 e. The third-order valence-corrected chi connectivity index (χ3v) is 3.16. The Morgan fingerprint density at radius 2 is 2.06 bits per heavy atom. The van der Waals surface area contributed by atoms with E-state index in [1.165, 1.54) is 36.8 Å². The van der Waals surface area contributed by atoms with Crippen LogP contribution in [0.25, 0.3) is 0 Å². The Morgan fingerprint density at radius 3 is 2.88 bits per heavy atom. The van der Waals surface area contributed by atoms with Crippen molar-refractivity contribution in [2.24, 2.45) is 0 Å². The molecule has 1 aliphatic rings. The molecule has 0 aromatic heterocycles. The lowest BCUT2D eigenvalue weighted by Gasteiger charge is -2.16. The first kappa shape index (κ1) is 12.2. The normalized spacial score (nSPS) is 14.1. The second-order valence-electron chi connectivity index (χ2n) is 4.48. The summed E-state index contributed by atoms with van der Waals surface area (Å²) in [6.45, 7) is 6.08. The number of hydrogen-bond donors (Lipinski definition) is 1. The molecule has 2 nitrogen and oxygen atoms in total. The molecule has 0 atom stereocenters. The molecule has 0 spiro atoms. The first-order chi connectivity index (χ1) is 8.40. The van der Waals surface area contributed by atoms with Crippen LogP contribution in [-0.4, -0.2) is 19.7 Å². The van der Waals surface area contributed by atoms with Gasteiger partial charge < -0.3 is 10.1 Å². The molecule has 0 bridgehead atoms. The topological polar surface area (TPSA) is 21.3 Å². The first-order valence-corrected chi connectivity index (χ1v) is 6.46. The minimum Gasteiger partial charge on any atom is -0.492 e. The Kier molecular flexibility index (Phi) is 4.63. The summed E-state index contributed by atoms with van der Waals surface area (Å²) in [6, 6.07) is 6.53. The molecule has 2 heteroatoms. The van der Waals surface area contributed by atoms with Crippen LogP contribution in [0.1, 0.15) is 24.0 Å². The number of rotatable bonds is 6. The number of benzene rings is 1. The van der Waals surface area contributed by atoms with Gasteiger partial charge in [0.25, 0.3) is 0 Å². The minimum absolute atomic E-state index is 0.715. The van der Waals surface area contributed by atoms with Crippen LogP contribution in [-0.2, 0) is 12.8 Å². The highest BCUT2D eigenvalue weighted by molar-refractivity contribution is 5.37. The molecule has 0 aliphatic heterocycles. The van der Waals surface area contributed by atoms with Gasteiger partial charge in [0.15, 0.2) is 0 Å². The van der Waals surface area contributed by atoms with Gasteiger partial charge in [0, 0.05) is 13.1 Å². The molecule has 0 saturated heterocycles. The van der Waals surface area contributed by atoms with Gasteiger partial charge >= 0.3 is 0 Å². The van der Waals surface area contributed by atoms with E-state index in [2.05, 4.69) is 30.1 Å². The predicted octanol–water partition coefficient (Wildman–Crippen LogP) is 2.72. The summed E-state index contributed by atoms with van der Waals surface area (Å²) in [5.74, 6) is 1.01. The van der Waals surface area contributed by atoms with Crippen LogP contribution in [0.3, 0.4) is 0 Å². The van der Waals surface area contributed by atoms with Gasteiger partial charge in [0.05, 0.1) is 0 Å². The van der Waals surface area contributed by atoms with Crippen LogP contribution in [0.5, 0.6) is 5.75 Å². The van der Waals surface area contributed by atoms with Crippen molar-refractivity contribution in [2.75, 3.05) is 19.7 Å². The fraction of sp³-hybridized carbons (Fsp3) is 0.467. The third kappa shape index (κ3) is 3.60. The molecule has 17 heavy (non-hydrogen) atoms. The lowest BCUT2D eigenvalue weighted by atomic mass is 9.92. The van der Waals surface area contributed by atoms with Gasteiger partial charge in [-0.05, 0) is 48.9 Å². The van der Waals surface area contributed by atoms with Gasteiger partial charge in [-0.3, -0.25) is 0 Å². The van der Waals surface area contributed by atoms with Gasteiger partial charge in [-0.1, -0.05) is 12.1 Å². The fourth-order valence-electron chi connectivity index (χ4n) is 2.24. The van der Waals surface area contributed by atoms with Gasteiger partial charge in [-0.15, -0.1) is 6.58 Å². The highest BCUT2D eigenvalue weighted by Gasteiger charge is 2.09. The van der Waals surface area contributed by atoms with Crippen LogP contribution in [0.4, 0.5) is 0 Å². The van der Waals surface area contributed by atoms with E-state index in [1.54, 1.807) is 0 Å². The highest BCUT2D eigenvalue weighted by atomic mass is 16.5. The molecule has 0 heterocycles. The summed E-state index contributed by atoms with van der Waals surface area (Å²) < 4.78 is 5.72. The average molecular weight is 231 g/mol. The van der Waals surface area contributed by atoms with Crippen molar-refractivity contribution in [1.29, 1.82) is 0 Å². The molecule has 1 aliphatic carbocycles. The van der Waals surface area contributed by atoms with Crippen LogP contribution in [0, 0.1) is 0 Å². The summed E-state index contributed by atoms with van der Waals surface area (Å²) in [4.78, 5) is 0. The van der Waals surface area contributed by atoms with Crippen LogP contribution < -0.4 is 10.1 Å². The van der Waals surface area contributed by atoms with Gasteiger partial charge in [0.1, 0.15) is 12.4 Å². The quantitative estimate of drug-likeness (QED) is 0.600. The maximum absolute atomic E-state index is 5.72. The van der Waals surface area contributed by atoms with Crippen molar-refractivity contribution in [3.8, 4) is 5.75 Å². The molecule has 0 unspecified atom stereocenters. The Balaban J connectivity index is 1.82. The summed E-state index contributed by atoms with van der Waals surface area (Å²) in [5.41, 5.74) is 2.99. The monoisotopic (exact) mass is 231 g/mol. The summed E-state index contributed by atoms with van der Waals surface area (Å²) in [5, 5.41) is 3.22. The van der Waals surface area contributed by atoms with E-state index in [1.807, 2.05) is 6.08 Å². The van der Waals surface area contributed by atoms with E-state index in [0.29, 0.717) is 6.61 Å². The van der Waals surface area contributed by atoms with E-state index >= 15 is 0 Å². The Hall–Kier alpha value is -1.28. The molecule has 0 amide bonds. The van der Waals surface area contributed by atoms with Crippen molar-refractivity contribution in [2.45, 2.75) is 25.7 Å². The van der Waals surface area contributed by atoms with E-state index < -0.39 is 0 Å². The van der Waals surface area contributed by atoms with Crippen LogP contribution >= 0.6 is 0 Å². The molecule has 1 aromatic rings. The zero-order chi connectivity index (χ0) is 11.9. The standard InChI is InChI=1S/C15H21NO/c1-2-9-16-10-11-17-15-8-7-13-5-3-4-6-14(13)12-15/h2,7-8,12,16H,1,3-6,9-11H2. The zero-order valence-corrected chi connectivity index (χ0v) is 10.4. The number of aryl methyl sites for hydroxylation is 2. The van der Waals surface area contributed by atoms with Crippen molar-refractivity contribution in [1.82, 2.24) is 5.32 Å². The minimum atomic E-state index is 0.715. The maximum Gasteiger partial charge on any atom is 0.119 e. The molecule has 0 radical (unpaired) electrons. The van der Waals surface area contributed by atoms with Crippen molar-refractivity contribution >= 4 is 0 Å². The second kappa shape index (κ2) is 6.45. The summed E-state index contributed by atoms with van der Waals surface area (Å²) in [7, 11) is 0. The molecule has 1 N–H and O–H groups in total. The summed E-state index contributed by atoms with van der Waals surface area (Å²) >= 11 is 0. The zero-order valence-electron chi connectivity index (χ0n) is 10.4. The Labute approximate surface area is 104 Å². The molecule has 0 saturated carbocycles. The van der Waals surface area contributed by atoms with Crippen LogP contribution in [0.15, 0.2) is 30.9 Å². The molecule has 0 fully saturated rings. The molecule has 1 aromatic carbocycles. The number of hydrogen-bond acceptors (Lipinski definition) is 2. The number of fused-ring (bicyclic) bond motifs is 1. The lowest BCUT2D eigenvalue weighted by Crippen LogP contribution is -2.20. The SMILES string of the molecule is C=CCNCCOc1ccc2c(c1)CCCC2. The molecular formula is C15H21NO. The van der Waals surface area contributed by atoms with Crippen molar-refractivity contribution in [3.63, 3.8) is 0 Å². The van der Waals surface area contributed by atoms with E-state index in [-0.39, 0.29) is 0 Å². The van der Waals surface area contributed by atoms with Gasteiger partial charge in [0.2, 0.25) is 0 Å². The molecule has 2 rings (SSSR count). The average Bonchev–Trinajstić information content (AvgIpc) is 2.38. The number of nitrogens with one attached hydrogen (secondary N) is 1. The second-order valence-corrected chi connectivity index (χ2v) is 4.48. The van der Waals surface area contributed by atoms with Gasteiger partial charge in [-0.25, -0.2) is 0 Å². The largest absolute Gasteiger partial charge is 0.492 e. The molecule has 92 valence electrons. The van der Waals surface area contributed by atoms with E-state index in [4.69, 9.17) is 4.74 Å². The first-order valence-electron chi connectivity index (χ1n) is 6.46. The Bertz CT molecular complexity index is 373. The van der Waals surface area contributed by atoms with E-state index in [9.17, 15) is 0 Å². The lowest BCUT2D eigenvalue weighted by molar-refractivity contribution is 0.316. The highest BCUT2D eigenvalue weighted by Crippen LogP contribution is 2.25. The number of ether oxygens (including phenoxy) is 1. The van der Waals surface area contributed by atoms with E-state index in [0.717, 1.165) is 18.8 Å². The third-order valence-electron chi connectivity index (χ3n) is 3.16. The predicted molar refractivity (Wildman–Crippen MR) is 71.6 cm³/mol. The fourth-order valence-corrected chi connectivity index (χ4v) is 2.24. The van der Waals surface area contributed by atoms with Crippen molar-refractivity contribution < 1.29 is 4.74 Å².